The number of rotatable bonds is 6. The van der Waals surface area contributed by atoms with Crippen LogP contribution in [-0.2, 0) is 4.79 Å². The SMILES string of the molecule is CCC(NC(=O)C1CCN(c2ccccc2[N+](=O)[O-])CC1)c1ccc2c(c1)OCCO2. The molecule has 1 fully saturated rings. The van der Waals surface area contributed by atoms with Crippen LogP contribution < -0.4 is 19.7 Å². The Hall–Kier alpha value is -3.29. The van der Waals surface area contributed by atoms with E-state index in [1.165, 1.54) is 6.07 Å². The first-order valence-corrected chi connectivity index (χ1v) is 10.7. The molecule has 1 saturated heterocycles. The van der Waals surface area contributed by atoms with Gasteiger partial charge >= 0.3 is 0 Å². The van der Waals surface area contributed by atoms with Gasteiger partial charge in [-0.3, -0.25) is 14.9 Å². The van der Waals surface area contributed by atoms with Crippen LogP contribution in [0.4, 0.5) is 11.4 Å². The number of hydrogen-bond acceptors (Lipinski definition) is 6. The highest BCUT2D eigenvalue weighted by Gasteiger charge is 2.29. The van der Waals surface area contributed by atoms with Gasteiger partial charge in [0, 0.05) is 25.1 Å². The Morgan fingerprint density at radius 3 is 2.58 bits per heavy atom. The number of nitro benzene ring substituents is 1. The van der Waals surface area contributed by atoms with E-state index in [0.29, 0.717) is 50.6 Å². The number of piperidine rings is 1. The van der Waals surface area contributed by atoms with Crippen LogP contribution in [0.1, 0.15) is 37.8 Å². The molecule has 2 aromatic carbocycles. The molecular weight excluding hydrogens is 398 g/mol. The van der Waals surface area contributed by atoms with Gasteiger partial charge in [0.1, 0.15) is 18.9 Å². The maximum Gasteiger partial charge on any atom is 0.292 e. The number of nitrogens with one attached hydrogen (secondary N) is 1. The summed E-state index contributed by atoms with van der Waals surface area (Å²) >= 11 is 0. The monoisotopic (exact) mass is 425 g/mol. The molecule has 4 rings (SSSR count). The predicted octanol–water partition coefficient (Wildman–Crippen LogP) is 3.85. The molecule has 1 atom stereocenters. The summed E-state index contributed by atoms with van der Waals surface area (Å²) < 4.78 is 11.2. The van der Waals surface area contributed by atoms with Crippen molar-refractivity contribution in [3.05, 3.63) is 58.1 Å². The minimum Gasteiger partial charge on any atom is -0.486 e. The van der Waals surface area contributed by atoms with Crippen LogP contribution in [-0.4, -0.2) is 37.1 Å². The van der Waals surface area contributed by atoms with Crippen LogP contribution in [0.25, 0.3) is 0 Å². The molecule has 2 aliphatic heterocycles. The highest BCUT2D eigenvalue weighted by molar-refractivity contribution is 5.79. The third kappa shape index (κ3) is 4.57. The van der Waals surface area contributed by atoms with Crippen molar-refractivity contribution < 1.29 is 19.2 Å². The molecule has 1 amide bonds. The van der Waals surface area contributed by atoms with E-state index in [2.05, 4.69) is 5.32 Å². The molecule has 0 aliphatic carbocycles. The number of nitrogens with zero attached hydrogens (tertiary/aromatic N) is 2. The summed E-state index contributed by atoms with van der Waals surface area (Å²) in [6.45, 7) is 4.34. The lowest BCUT2D eigenvalue weighted by Crippen LogP contribution is -2.41. The fourth-order valence-electron chi connectivity index (χ4n) is 4.26. The van der Waals surface area contributed by atoms with Gasteiger partial charge in [0.25, 0.3) is 5.69 Å². The summed E-state index contributed by atoms with van der Waals surface area (Å²) in [5, 5.41) is 14.5. The van der Waals surface area contributed by atoms with Crippen molar-refractivity contribution >= 4 is 17.3 Å². The molecule has 0 radical (unpaired) electrons. The van der Waals surface area contributed by atoms with Gasteiger partial charge in [-0.15, -0.1) is 0 Å². The summed E-state index contributed by atoms with van der Waals surface area (Å²) in [4.78, 5) is 25.9. The number of amides is 1. The smallest absolute Gasteiger partial charge is 0.292 e. The minimum absolute atomic E-state index is 0.0314. The van der Waals surface area contributed by atoms with Crippen LogP contribution in [0.5, 0.6) is 11.5 Å². The zero-order valence-corrected chi connectivity index (χ0v) is 17.6. The first-order valence-electron chi connectivity index (χ1n) is 10.7. The first-order chi connectivity index (χ1) is 15.1. The largest absolute Gasteiger partial charge is 0.486 e. The van der Waals surface area contributed by atoms with E-state index in [1.807, 2.05) is 30.0 Å². The first kappa shape index (κ1) is 21.0. The zero-order valence-electron chi connectivity index (χ0n) is 17.6. The van der Waals surface area contributed by atoms with Crippen molar-refractivity contribution in [3.8, 4) is 11.5 Å². The molecule has 1 unspecified atom stereocenters. The highest BCUT2D eigenvalue weighted by atomic mass is 16.6. The average Bonchev–Trinajstić information content (AvgIpc) is 2.82. The maximum atomic E-state index is 13.0. The highest BCUT2D eigenvalue weighted by Crippen LogP contribution is 2.34. The molecule has 2 aliphatic rings. The number of nitro groups is 1. The molecule has 0 bridgehead atoms. The third-order valence-corrected chi connectivity index (χ3v) is 5.98. The second kappa shape index (κ2) is 9.24. The minimum atomic E-state index is -0.354. The molecule has 2 aromatic rings. The fourth-order valence-corrected chi connectivity index (χ4v) is 4.26. The second-order valence-electron chi connectivity index (χ2n) is 7.88. The van der Waals surface area contributed by atoms with Gasteiger partial charge in [-0.05, 0) is 43.0 Å². The van der Waals surface area contributed by atoms with E-state index in [9.17, 15) is 14.9 Å². The van der Waals surface area contributed by atoms with E-state index >= 15 is 0 Å². The lowest BCUT2D eigenvalue weighted by molar-refractivity contribution is -0.384. The number of benzene rings is 2. The summed E-state index contributed by atoms with van der Waals surface area (Å²) in [6.07, 6.45) is 2.09. The Bertz CT molecular complexity index is 956. The Labute approximate surface area is 181 Å². The van der Waals surface area contributed by atoms with Gasteiger partial charge in [-0.1, -0.05) is 25.1 Å². The summed E-state index contributed by atoms with van der Waals surface area (Å²) in [5.74, 6) is 1.38. The van der Waals surface area contributed by atoms with Crippen LogP contribution in [0.15, 0.2) is 42.5 Å². The normalized spacial score (nSPS) is 17.1. The summed E-state index contributed by atoms with van der Waals surface area (Å²) in [6, 6.07) is 12.5. The number of carbonyl (C=O) groups excluding carboxylic acids is 1. The van der Waals surface area contributed by atoms with Crippen LogP contribution in [0.3, 0.4) is 0 Å². The number of ether oxygens (including phenoxy) is 2. The molecule has 2 heterocycles. The molecule has 0 saturated carbocycles. The predicted molar refractivity (Wildman–Crippen MR) is 117 cm³/mol. The molecule has 0 aromatic heterocycles. The summed E-state index contributed by atoms with van der Waals surface area (Å²) in [5.41, 5.74) is 1.72. The molecule has 8 nitrogen and oxygen atoms in total. The molecule has 164 valence electrons. The van der Waals surface area contributed by atoms with Crippen LogP contribution in [0, 0.1) is 16.0 Å². The van der Waals surface area contributed by atoms with E-state index in [0.717, 1.165) is 17.7 Å². The van der Waals surface area contributed by atoms with Crippen molar-refractivity contribution in [1.29, 1.82) is 0 Å². The van der Waals surface area contributed by atoms with Gasteiger partial charge in [0.2, 0.25) is 5.91 Å². The van der Waals surface area contributed by atoms with Crippen molar-refractivity contribution in [2.75, 3.05) is 31.2 Å². The van der Waals surface area contributed by atoms with Gasteiger partial charge in [-0.25, -0.2) is 0 Å². The van der Waals surface area contributed by atoms with Crippen molar-refractivity contribution in [3.63, 3.8) is 0 Å². The molecule has 1 N–H and O–H groups in total. The van der Waals surface area contributed by atoms with Gasteiger partial charge in [-0.2, -0.15) is 0 Å². The Morgan fingerprint density at radius 2 is 1.87 bits per heavy atom. The topological polar surface area (TPSA) is 93.9 Å². The third-order valence-electron chi connectivity index (χ3n) is 5.98. The molecule has 0 spiro atoms. The summed E-state index contributed by atoms with van der Waals surface area (Å²) in [7, 11) is 0. The quantitative estimate of drug-likeness (QED) is 0.558. The number of para-hydroxylation sites is 2. The lowest BCUT2D eigenvalue weighted by atomic mass is 9.94. The van der Waals surface area contributed by atoms with Gasteiger partial charge in [0.15, 0.2) is 11.5 Å². The molecule has 8 heteroatoms. The van der Waals surface area contributed by atoms with Gasteiger partial charge < -0.3 is 19.7 Å². The van der Waals surface area contributed by atoms with Crippen molar-refractivity contribution in [2.45, 2.75) is 32.2 Å². The number of carbonyl (C=O) groups is 1. The van der Waals surface area contributed by atoms with E-state index in [-0.39, 0.29) is 28.5 Å². The van der Waals surface area contributed by atoms with Crippen LogP contribution >= 0.6 is 0 Å². The van der Waals surface area contributed by atoms with E-state index in [4.69, 9.17) is 9.47 Å². The molecular formula is C23H27N3O5. The number of fused-ring (bicyclic) bond motifs is 1. The Kier molecular flexibility index (Phi) is 6.25. The Balaban J connectivity index is 1.38. The zero-order chi connectivity index (χ0) is 21.8. The molecule has 31 heavy (non-hydrogen) atoms. The number of anilines is 1. The fraction of sp³-hybridized carbons (Fsp3) is 0.435. The van der Waals surface area contributed by atoms with Gasteiger partial charge in [0.05, 0.1) is 11.0 Å². The average molecular weight is 425 g/mol. The number of hydrogen-bond donors (Lipinski definition) is 1. The second-order valence-corrected chi connectivity index (χ2v) is 7.88. The maximum absolute atomic E-state index is 13.0. The lowest BCUT2D eigenvalue weighted by Gasteiger charge is -2.33. The Morgan fingerprint density at radius 1 is 1.16 bits per heavy atom. The van der Waals surface area contributed by atoms with Crippen LogP contribution in [0.2, 0.25) is 0 Å². The van der Waals surface area contributed by atoms with E-state index < -0.39 is 0 Å². The van der Waals surface area contributed by atoms with Crippen molar-refractivity contribution in [2.24, 2.45) is 5.92 Å². The standard InChI is InChI=1S/C23H27N3O5/c1-2-18(17-7-8-21-22(15-17)31-14-13-30-21)24-23(27)16-9-11-25(12-10-16)19-5-3-4-6-20(19)26(28)29/h3-8,15-16,18H,2,9-14H2,1H3,(H,24,27). The van der Waals surface area contributed by atoms with Crippen molar-refractivity contribution in [1.82, 2.24) is 5.32 Å². The van der Waals surface area contributed by atoms with E-state index in [1.54, 1.807) is 18.2 Å².